The van der Waals surface area contributed by atoms with Crippen molar-refractivity contribution >= 4 is 33.2 Å². The highest BCUT2D eigenvalue weighted by molar-refractivity contribution is 7.18. The number of hydrogen-bond donors (Lipinski definition) is 1. The second kappa shape index (κ2) is 5.97. The van der Waals surface area contributed by atoms with Crippen LogP contribution in [0, 0.1) is 11.3 Å². The number of hydrogen-bond acceptors (Lipinski definition) is 3. The van der Waals surface area contributed by atoms with E-state index in [1.54, 1.807) is 11.3 Å². The second-order valence-corrected chi connectivity index (χ2v) is 8.76. The second-order valence-electron chi connectivity index (χ2n) is 7.29. The van der Waals surface area contributed by atoms with E-state index >= 15 is 0 Å². The third-order valence-corrected chi connectivity index (χ3v) is 6.16. The van der Waals surface area contributed by atoms with E-state index in [4.69, 9.17) is 11.6 Å². The number of thiophene rings is 1. The molecule has 1 unspecified atom stereocenters. The maximum absolute atomic E-state index is 12.5. The summed E-state index contributed by atoms with van der Waals surface area (Å²) < 4.78 is 0. The molecule has 22 heavy (non-hydrogen) atoms. The molecule has 0 saturated heterocycles. The Hall–Kier alpha value is -0.870. The zero-order chi connectivity index (χ0) is 15.9. The van der Waals surface area contributed by atoms with Crippen molar-refractivity contribution in [2.24, 2.45) is 11.3 Å². The third kappa shape index (κ3) is 2.95. The van der Waals surface area contributed by atoms with E-state index in [0.29, 0.717) is 17.2 Å². The van der Waals surface area contributed by atoms with Gasteiger partial charge in [-0.2, -0.15) is 0 Å². The quantitative estimate of drug-likeness (QED) is 0.848. The van der Waals surface area contributed by atoms with Gasteiger partial charge in [0.15, 0.2) is 0 Å². The standard InChI is InChI=1S/C17H23ClN2OS/c1-17(2,3)10-6-7-11-12(9-10)22-16-14(11)15(21)19-13(20-16)5-4-8-18/h10H,4-9H2,1-3H3,(H,19,20,21). The number of alkyl halides is 1. The Labute approximate surface area is 140 Å². The number of halogens is 1. The zero-order valence-corrected chi connectivity index (χ0v) is 15.0. The monoisotopic (exact) mass is 338 g/mol. The fraction of sp³-hybridized carbons (Fsp3) is 0.647. The van der Waals surface area contributed by atoms with Gasteiger partial charge in [-0.1, -0.05) is 20.8 Å². The molecule has 0 amide bonds. The molecule has 0 spiro atoms. The Balaban J connectivity index is 2.01. The number of aromatic amines is 1. The first-order valence-corrected chi connectivity index (χ1v) is 9.34. The molecule has 2 heterocycles. The van der Waals surface area contributed by atoms with Crippen molar-refractivity contribution in [3.63, 3.8) is 0 Å². The molecule has 1 atom stereocenters. The van der Waals surface area contributed by atoms with Gasteiger partial charge in [0.2, 0.25) is 0 Å². The number of aryl methyl sites for hydroxylation is 2. The van der Waals surface area contributed by atoms with Crippen molar-refractivity contribution in [3.05, 3.63) is 26.6 Å². The van der Waals surface area contributed by atoms with Gasteiger partial charge in [0.1, 0.15) is 10.7 Å². The first kappa shape index (κ1) is 16.0. The highest BCUT2D eigenvalue weighted by atomic mass is 35.5. The van der Waals surface area contributed by atoms with Crippen LogP contribution in [0.4, 0.5) is 0 Å². The molecule has 0 saturated carbocycles. The Bertz CT molecular complexity index is 741. The molecule has 2 aromatic heterocycles. The molecule has 120 valence electrons. The molecule has 1 aliphatic carbocycles. The third-order valence-electron chi connectivity index (χ3n) is 4.74. The van der Waals surface area contributed by atoms with E-state index in [9.17, 15) is 4.79 Å². The highest BCUT2D eigenvalue weighted by Gasteiger charge is 2.31. The van der Waals surface area contributed by atoms with Crippen LogP contribution in [0.15, 0.2) is 4.79 Å². The average molecular weight is 339 g/mol. The lowest BCUT2D eigenvalue weighted by Crippen LogP contribution is -2.26. The Morgan fingerprint density at radius 3 is 2.86 bits per heavy atom. The van der Waals surface area contributed by atoms with Gasteiger partial charge in [-0.15, -0.1) is 22.9 Å². The van der Waals surface area contributed by atoms with Crippen LogP contribution in [0.3, 0.4) is 0 Å². The van der Waals surface area contributed by atoms with Crippen molar-refractivity contribution in [1.82, 2.24) is 9.97 Å². The van der Waals surface area contributed by atoms with Gasteiger partial charge in [0.25, 0.3) is 5.56 Å². The molecule has 5 heteroatoms. The predicted octanol–water partition coefficient (Wildman–Crippen LogP) is 4.31. The lowest BCUT2D eigenvalue weighted by atomic mass is 9.72. The number of nitrogens with one attached hydrogen (secondary N) is 1. The summed E-state index contributed by atoms with van der Waals surface area (Å²) in [6.45, 7) is 6.93. The molecule has 1 aliphatic rings. The van der Waals surface area contributed by atoms with Crippen LogP contribution < -0.4 is 5.56 Å². The topological polar surface area (TPSA) is 45.8 Å². The summed E-state index contributed by atoms with van der Waals surface area (Å²) in [7, 11) is 0. The molecular formula is C17H23ClN2OS. The first-order valence-electron chi connectivity index (χ1n) is 7.99. The molecule has 0 aromatic carbocycles. The van der Waals surface area contributed by atoms with Gasteiger partial charge in [-0.25, -0.2) is 4.98 Å². The van der Waals surface area contributed by atoms with E-state index < -0.39 is 0 Å². The highest BCUT2D eigenvalue weighted by Crippen LogP contribution is 2.41. The molecule has 2 aromatic rings. The van der Waals surface area contributed by atoms with Crippen LogP contribution >= 0.6 is 22.9 Å². The summed E-state index contributed by atoms with van der Waals surface area (Å²) in [6, 6.07) is 0. The fourth-order valence-corrected chi connectivity index (χ4v) is 4.77. The van der Waals surface area contributed by atoms with Crippen LogP contribution in [0.2, 0.25) is 0 Å². The van der Waals surface area contributed by atoms with Gasteiger partial charge in [0.05, 0.1) is 5.39 Å². The van der Waals surface area contributed by atoms with Crippen LogP contribution in [0.1, 0.15) is 49.9 Å². The Kier molecular flexibility index (Phi) is 4.34. The van der Waals surface area contributed by atoms with Gasteiger partial charge in [0, 0.05) is 17.2 Å². The predicted molar refractivity (Wildman–Crippen MR) is 94.3 cm³/mol. The molecule has 0 aliphatic heterocycles. The largest absolute Gasteiger partial charge is 0.310 e. The van der Waals surface area contributed by atoms with Crippen LogP contribution in [0.25, 0.3) is 10.2 Å². The number of rotatable bonds is 3. The number of nitrogens with zero attached hydrogens (tertiary/aromatic N) is 1. The van der Waals surface area contributed by atoms with E-state index in [0.717, 1.165) is 48.1 Å². The molecule has 0 fully saturated rings. The van der Waals surface area contributed by atoms with Gasteiger partial charge in [-0.05, 0) is 42.6 Å². The van der Waals surface area contributed by atoms with Crippen molar-refractivity contribution in [3.8, 4) is 0 Å². The number of fused-ring (bicyclic) bond motifs is 3. The maximum atomic E-state index is 12.5. The minimum absolute atomic E-state index is 0.0290. The lowest BCUT2D eigenvalue weighted by Gasteiger charge is -2.33. The van der Waals surface area contributed by atoms with Gasteiger partial charge >= 0.3 is 0 Å². The summed E-state index contributed by atoms with van der Waals surface area (Å²) >= 11 is 7.45. The van der Waals surface area contributed by atoms with Crippen molar-refractivity contribution in [2.75, 3.05) is 5.88 Å². The Morgan fingerprint density at radius 2 is 2.18 bits per heavy atom. The van der Waals surface area contributed by atoms with E-state index in [-0.39, 0.29) is 5.56 Å². The zero-order valence-electron chi connectivity index (χ0n) is 13.5. The van der Waals surface area contributed by atoms with E-state index in [1.807, 2.05) is 0 Å². The van der Waals surface area contributed by atoms with Crippen LogP contribution in [-0.4, -0.2) is 15.8 Å². The smallest absolute Gasteiger partial charge is 0.259 e. The van der Waals surface area contributed by atoms with Crippen molar-refractivity contribution in [2.45, 2.75) is 52.9 Å². The fourth-order valence-electron chi connectivity index (χ4n) is 3.32. The van der Waals surface area contributed by atoms with Crippen molar-refractivity contribution < 1.29 is 0 Å². The molecule has 1 N–H and O–H groups in total. The molecule has 0 radical (unpaired) electrons. The first-order chi connectivity index (χ1) is 10.4. The average Bonchev–Trinajstić information content (AvgIpc) is 2.81. The normalized spacial score (nSPS) is 18.6. The van der Waals surface area contributed by atoms with Gasteiger partial charge < -0.3 is 4.98 Å². The molecule has 3 nitrogen and oxygen atoms in total. The van der Waals surface area contributed by atoms with Crippen LogP contribution in [0.5, 0.6) is 0 Å². The minimum Gasteiger partial charge on any atom is -0.310 e. The number of H-pyrrole nitrogens is 1. The summed E-state index contributed by atoms with van der Waals surface area (Å²) in [5.74, 6) is 2.04. The van der Waals surface area contributed by atoms with Crippen LogP contribution in [-0.2, 0) is 19.3 Å². The SMILES string of the molecule is CC(C)(C)C1CCc2c(sc3nc(CCCCl)[nH]c(=O)c23)C1. The molecular weight excluding hydrogens is 316 g/mol. The van der Waals surface area contributed by atoms with E-state index in [1.165, 1.54) is 10.4 Å². The summed E-state index contributed by atoms with van der Waals surface area (Å²) in [5, 5.41) is 0.835. The van der Waals surface area contributed by atoms with E-state index in [2.05, 4.69) is 30.7 Å². The summed E-state index contributed by atoms with van der Waals surface area (Å²) in [5.41, 5.74) is 1.60. The summed E-state index contributed by atoms with van der Waals surface area (Å²) in [4.78, 5) is 22.3. The minimum atomic E-state index is 0.0290. The lowest BCUT2D eigenvalue weighted by molar-refractivity contribution is 0.218. The van der Waals surface area contributed by atoms with Crippen molar-refractivity contribution in [1.29, 1.82) is 0 Å². The molecule has 0 bridgehead atoms. The number of aromatic nitrogens is 2. The maximum Gasteiger partial charge on any atom is 0.259 e. The summed E-state index contributed by atoms with van der Waals surface area (Å²) in [6.07, 6.45) is 4.82. The molecule has 3 rings (SSSR count). The van der Waals surface area contributed by atoms with Gasteiger partial charge in [-0.3, -0.25) is 4.79 Å². The Morgan fingerprint density at radius 1 is 1.41 bits per heavy atom.